The first-order chi connectivity index (χ1) is 10.1. The van der Waals surface area contributed by atoms with Crippen LogP contribution in [0.3, 0.4) is 0 Å². The zero-order chi connectivity index (χ0) is 15.0. The van der Waals surface area contributed by atoms with Gasteiger partial charge >= 0.3 is 12.0 Å². The van der Waals surface area contributed by atoms with E-state index < -0.39 is 11.9 Å². The first kappa shape index (κ1) is 14.6. The molecule has 0 aromatic rings. The quantitative estimate of drug-likeness (QED) is 0.771. The van der Waals surface area contributed by atoms with Crippen LogP contribution < -0.4 is 0 Å². The Hall–Kier alpha value is -1.34. The maximum absolute atomic E-state index is 12.6. The van der Waals surface area contributed by atoms with Gasteiger partial charge in [-0.25, -0.2) is 4.79 Å². The third-order valence-corrected chi connectivity index (χ3v) is 5.02. The SMILES string of the molecule is CN(C(=O)N1CCN2CCCC2C1)C1COCC1C(=O)O. The van der Waals surface area contributed by atoms with Crippen LogP contribution in [-0.2, 0) is 9.53 Å². The lowest BCUT2D eigenvalue weighted by Gasteiger charge is -2.40. The van der Waals surface area contributed by atoms with Crippen molar-refractivity contribution in [2.24, 2.45) is 5.92 Å². The molecule has 118 valence electrons. The zero-order valence-electron chi connectivity index (χ0n) is 12.4. The van der Waals surface area contributed by atoms with Crippen LogP contribution in [0.5, 0.6) is 0 Å². The molecule has 3 fully saturated rings. The van der Waals surface area contributed by atoms with E-state index in [0.717, 1.165) is 32.6 Å². The van der Waals surface area contributed by atoms with Crippen LogP contribution in [0.15, 0.2) is 0 Å². The number of nitrogens with zero attached hydrogens (tertiary/aromatic N) is 3. The Bertz CT molecular complexity index is 430. The van der Waals surface area contributed by atoms with Crippen molar-refractivity contribution in [3.05, 3.63) is 0 Å². The molecule has 3 rings (SSSR count). The minimum atomic E-state index is -0.891. The fourth-order valence-corrected chi connectivity index (χ4v) is 3.69. The van der Waals surface area contributed by atoms with Crippen molar-refractivity contribution < 1.29 is 19.4 Å². The number of ether oxygens (including phenoxy) is 1. The molecule has 0 aromatic carbocycles. The molecule has 0 aliphatic carbocycles. The summed E-state index contributed by atoms with van der Waals surface area (Å²) < 4.78 is 5.26. The van der Waals surface area contributed by atoms with E-state index in [9.17, 15) is 14.7 Å². The average Bonchev–Trinajstić information content (AvgIpc) is 3.13. The minimum Gasteiger partial charge on any atom is -0.481 e. The Balaban J connectivity index is 1.63. The molecule has 3 atom stereocenters. The third kappa shape index (κ3) is 2.72. The van der Waals surface area contributed by atoms with Gasteiger partial charge in [-0.05, 0) is 19.4 Å². The van der Waals surface area contributed by atoms with E-state index in [0.29, 0.717) is 12.6 Å². The van der Waals surface area contributed by atoms with E-state index in [-0.39, 0.29) is 18.7 Å². The van der Waals surface area contributed by atoms with E-state index in [2.05, 4.69) is 4.90 Å². The molecule has 3 heterocycles. The van der Waals surface area contributed by atoms with Gasteiger partial charge in [-0.1, -0.05) is 0 Å². The van der Waals surface area contributed by atoms with Crippen molar-refractivity contribution >= 4 is 12.0 Å². The summed E-state index contributed by atoms with van der Waals surface area (Å²) in [5, 5.41) is 9.21. The highest BCUT2D eigenvalue weighted by atomic mass is 16.5. The van der Waals surface area contributed by atoms with E-state index in [1.54, 1.807) is 11.9 Å². The summed E-state index contributed by atoms with van der Waals surface area (Å²) in [6, 6.07) is 0.0473. The van der Waals surface area contributed by atoms with E-state index in [1.165, 1.54) is 6.42 Å². The number of carbonyl (C=O) groups is 2. The number of rotatable bonds is 2. The molecule has 2 amide bonds. The number of piperazine rings is 1. The molecule has 0 bridgehead atoms. The number of carboxylic acids is 1. The van der Waals surface area contributed by atoms with Crippen LogP contribution in [0.2, 0.25) is 0 Å². The number of hydrogen-bond acceptors (Lipinski definition) is 4. The van der Waals surface area contributed by atoms with Crippen molar-refractivity contribution in [1.29, 1.82) is 0 Å². The number of carbonyl (C=O) groups excluding carboxylic acids is 1. The molecule has 21 heavy (non-hydrogen) atoms. The van der Waals surface area contributed by atoms with Crippen LogP contribution in [0.1, 0.15) is 12.8 Å². The summed E-state index contributed by atoms with van der Waals surface area (Å²) in [6.45, 7) is 4.05. The molecule has 3 aliphatic heterocycles. The molecule has 0 saturated carbocycles. The van der Waals surface area contributed by atoms with Gasteiger partial charge in [0.15, 0.2) is 0 Å². The zero-order valence-corrected chi connectivity index (χ0v) is 12.4. The molecule has 7 heteroatoms. The molecule has 3 unspecified atom stereocenters. The smallest absolute Gasteiger partial charge is 0.320 e. The van der Waals surface area contributed by atoms with Crippen LogP contribution in [-0.4, -0.2) is 90.3 Å². The average molecular weight is 297 g/mol. The largest absolute Gasteiger partial charge is 0.481 e. The molecule has 7 nitrogen and oxygen atoms in total. The molecule has 0 radical (unpaired) electrons. The molecule has 0 aromatic heterocycles. The standard InChI is InChI=1S/C14H23N3O4/c1-15(12-9-21-8-11(12)13(18)19)14(20)17-6-5-16-4-2-3-10(16)7-17/h10-12H,2-9H2,1H3,(H,18,19). The summed E-state index contributed by atoms with van der Waals surface area (Å²) in [6.07, 6.45) is 2.36. The lowest BCUT2D eigenvalue weighted by Crippen LogP contribution is -2.57. The van der Waals surface area contributed by atoms with Crippen LogP contribution >= 0.6 is 0 Å². The lowest BCUT2D eigenvalue weighted by molar-refractivity contribution is -0.142. The highest BCUT2D eigenvalue weighted by Crippen LogP contribution is 2.24. The van der Waals surface area contributed by atoms with Gasteiger partial charge in [0.25, 0.3) is 0 Å². The number of urea groups is 1. The van der Waals surface area contributed by atoms with Gasteiger partial charge < -0.3 is 19.6 Å². The lowest BCUT2D eigenvalue weighted by atomic mass is 10.0. The van der Waals surface area contributed by atoms with E-state index >= 15 is 0 Å². The second-order valence-corrected chi connectivity index (χ2v) is 6.22. The summed E-state index contributed by atoms with van der Waals surface area (Å²) in [7, 11) is 1.69. The summed E-state index contributed by atoms with van der Waals surface area (Å²) in [4.78, 5) is 29.7. The van der Waals surface area contributed by atoms with Crippen molar-refractivity contribution in [1.82, 2.24) is 14.7 Å². The Kier molecular flexibility index (Phi) is 4.03. The van der Waals surface area contributed by atoms with Crippen molar-refractivity contribution in [2.45, 2.75) is 24.9 Å². The Morgan fingerprint density at radius 3 is 2.81 bits per heavy atom. The highest BCUT2D eigenvalue weighted by molar-refractivity contribution is 5.77. The van der Waals surface area contributed by atoms with Crippen LogP contribution in [0.25, 0.3) is 0 Å². The third-order valence-electron chi connectivity index (χ3n) is 5.02. The van der Waals surface area contributed by atoms with Crippen molar-refractivity contribution in [3.8, 4) is 0 Å². The summed E-state index contributed by atoms with van der Waals surface area (Å²) >= 11 is 0. The second kappa shape index (κ2) is 5.81. The predicted molar refractivity (Wildman–Crippen MR) is 75.1 cm³/mol. The van der Waals surface area contributed by atoms with E-state index in [1.807, 2.05) is 4.90 Å². The summed E-state index contributed by atoms with van der Waals surface area (Å²) in [5.41, 5.74) is 0. The molecule has 0 spiro atoms. The van der Waals surface area contributed by atoms with Gasteiger partial charge in [0.2, 0.25) is 0 Å². The van der Waals surface area contributed by atoms with E-state index in [4.69, 9.17) is 4.74 Å². The topological polar surface area (TPSA) is 73.3 Å². The molecule has 3 saturated heterocycles. The van der Waals surface area contributed by atoms with Crippen molar-refractivity contribution in [2.75, 3.05) is 46.4 Å². The van der Waals surface area contributed by atoms with Gasteiger partial charge in [-0.15, -0.1) is 0 Å². The number of aliphatic carboxylic acids is 1. The van der Waals surface area contributed by atoms with Gasteiger partial charge in [0.1, 0.15) is 5.92 Å². The number of hydrogen-bond donors (Lipinski definition) is 1. The highest BCUT2D eigenvalue weighted by Gasteiger charge is 2.41. The van der Waals surface area contributed by atoms with Crippen LogP contribution in [0, 0.1) is 5.92 Å². The fraction of sp³-hybridized carbons (Fsp3) is 0.857. The number of fused-ring (bicyclic) bond motifs is 1. The molecule has 1 N–H and O–H groups in total. The Morgan fingerprint density at radius 2 is 2.05 bits per heavy atom. The second-order valence-electron chi connectivity index (χ2n) is 6.22. The van der Waals surface area contributed by atoms with Gasteiger partial charge in [0.05, 0.1) is 19.3 Å². The molecular weight excluding hydrogens is 274 g/mol. The summed E-state index contributed by atoms with van der Waals surface area (Å²) in [5.74, 6) is -1.51. The Labute approximate surface area is 124 Å². The number of carboxylic acid groups (broad SMARTS) is 1. The minimum absolute atomic E-state index is 0.0664. The number of amides is 2. The molecule has 3 aliphatic rings. The van der Waals surface area contributed by atoms with Gasteiger partial charge in [0, 0.05) is 32.7 Å². The normalized spacial score (nSPS) is 33.0. The van der Waals surface area contributed by atoms with Gasteiger partial charge in [-0.2, -0.15) is 0 Å². The molecular formula is C14H23N3O4. The maximum Gasteiger partial charge on any atom is 0.320 e. The fourth-order valence-electron chi connectivity index (χ4n) is 3.69. The first-order valence-electron chi connectivity index (χ1n) is 7.64. The maximum atomic E-state index is 12.6. The van der Waals surface area contributed by atoms with Crippen LogP contribution in [0.4, 0.5) is 4.79 Å². The first-order valence-corrected chi connectivity index (χ1v) is 7.64. The Morgan fingerprint density at radius 1 is 1.24 bits per heavy atom. The monoisotopic (exact) mass is 297 g/mol. The predicted octanol–water partition coefficient (Wildman–Crippen LogP) is -0.0822. The van der Waals surface area contributed by atoms with Gasteiger partial charge in [-0.3, -0.25) is 9.69 Å². The number of likely N-dealkylation sites (N-methyl/N-ethyl adjacent to an activating group) is 1. The van der Waals surface area contributed by atoms with Crippen molar-refractivity contribution in [3.63, 3.8) is 0 Å².